The first-order valence-corrected chi connectivity index (χ1v) is 16.1. The van der Waals surface area contributed by atoms with Crippen molar-refractivity contribution in [2.45, 2.75) is 75.0 Å². The lowest BCUT2D eigenvalue weighted by atomic mass is 9.99. The van der Waals surface area contributed by atoms with Gasteiger partial charge in [0.1, 0.15) is 12.1 Å². The molecule has 3 saturated heterocycles. The third-order valence-corrected chi connectivity index (χ3v) is 10.1. The summed E-state index contributed by atoms with van der Waals surface area (Å²) in [7, 11) is -4.98. The molecule has 41 heavy (non-hydrogen) atoms. The average Bonchev–Trinajstić information content (AvgIpc) is 3.65. The van der Waals surface area contributed by atoms with Crippen LogP contribution in [0.4, 0.5) is 9.18 Å². The molecule has 0 bridgehead atoms. The highest BCUT2D eigenvalue weighted by molar-refractivity contribution is 7.51. The third-order valence-electron chi connectivity index (χ3n) is 8.12. The summed E-state index contributed by atoms with van der Waals surface area (Å²) in [5, 5.41) is 6.26. The summed E-state index contributed by atoms with van der Waals surface area (Å²) in [5.74, 6) is -3.54. The molecule has 0 saturated carbocycles. The lowest BCUT2D eigenvalue weighted by molar-refractivity contribution is -0.142. The van der Waals surface area contributed by atoms with Crippen LogP contribution in [0.3, 0.4) is 0 Å². The second-order valence-electron chi connectivity index (χ2n) is 10.9. The topological polar surface area (TPSA) is 182 Å². The summed E-state index contributed by atoms with van der Waals surface area (Å²) < 4.78 is 26.1. The maximum absolute atomic E-state index is 14.2. The third kappa shape index (κ3) is 6.25. The molecule has 5 amide bonds. The molecule has 0 spiro atoms. The molecule has 12 nitrogen and oxygen atoms in total. The fourth-order valence-corrected chi connectivity index (χ4v) is 7.54. The molecule has 3 fully saturated rings. The fraction of sp³-hybridized carbons (Fsp3) is 0.538. The van der Waals surface area contributed by atoms with Crippen molar-refractivity contribution in [3.8, 4) is 0 Å². The first kappa shape index (κ1) is 29.4. The predicted molar refractivity (Wildman–Crippen MR) is 149 cm³/mol. The Bertz CT molecular complexity index is 1420. The van der Waals surface area contributed by atoms with Crippen LogP contribution in [0.15, 0.2) is 24.3 Å². The molecule has 1 aromatic carbocycles. The highest BCUT2D eigenvalue weighted by atomic mass is 32.1. The van der Waals surface area contributed by atoms with Crippen molar-refractivity contribution in [2.75, 3.05) is 13.1 Å². The zero-order valence-corrected chi connectivity index (χ0v) is 23.9. The van der Waals surface area contributed by atoms with Crippen molar-refractivity contribution in [1.29, 1.82) is 0 Å². The van der Waals surface area contributed by atoms with Crippen LogP contribution < -0.4 is 16.4 Å². The number of fused-ring (bicyclic) bond motifs is 2. The minimum atomic E-state index is -4.98. The minimum absolute atomic E-state index is 0.103. The summed E-state index contributed by atoms with van der Waals surface area (Å²) in [4.78, 5) is 73.4. The van der Waals surface area contributed by atoms with Crippen LogP contribution in [0.2, 0.25) is 0 Å². The number of halogens is 1. The second-order valence-corrected chi connectivity index (χ2v) is 13.6. The van der Waals surface area contributed by atoms with Gasteiger partial charge in [0.25, 0.3) is 5.91 Å². The Labute approximate surface area is 239 Å². The van der Waals surface area contributed by atoms with Gasteiger partial charge in [-0.1, -0.05) is 18.9 Å². The first-order valence-electron chi connectivity index (χ1n) is 13.6. The Balaban J connectivity index is 1.29. The van der Waals surface area contributed by atoms with Crippen LogP contribution in [0.25, 0.3) is 10.1 Å². The number of nitrogens with zero attached hydrogens (tertiary/aromatic N) is 2. The van der Waals surface area contributed by atoms with Crippen LogP contribution in [-0.2, 0) is 14.2 Å². The zero-order valence-electron chi connectivity index (χ0n) is 22.2. The lowest BCUT2D eigenvalue weighted by Gasteiger charge is -2.35. The largest absolute Gasteiger partial charge is 0.363 e. The van der Waals surface area contributed by atoms with Gasteiger partial charge in [-0.2, -0.15) is 0 Å². The lowest BCUT2D eigenvalue weighted by Crippen LogP contribution is -2.57. The number of hydrogen-bond donors (Lipinski definition) is 5. The minimum Gasteiger partial charge on any atom is -0.351 e. The molecule has 1 aromatic heterocycles. The molecular weight excluding hydrogens is 576 g/mol. The number of rotatable bonds is 6. The smallest absolute Gasteiger partial charge is 0.351 e. The van der Waals surface area contributed by atoms with Gasteiger partial charge in [-0.05, 0) is 61.3 Å². The van der Waals surface area contributed by atoms with E-state index >= 15 is 0 Å². The fourth-order valence-electron chi connectivity index (χ4n) is 6.04. The van der Waals surface area contributed by atoms with E-state index < -0.39 is 37.5 Å². The number of primary amides is 1. The molecule has 6 N–H and O–H groups in total. The van der Waals surface area contributed by atoms with E-state index in [1.807, 2.05) is 0 Å². The van der Waals surface area contributed by atoms with Gasteiger partial charge in [-0.15, -0.1) is 11.3 Å². The highest BCUT2D eigenvalue weighted by Crippen LogP contribution is 2.53. The number of benzene rings is 1. The van der Waals surface area contributed by atoms with E-state index in [0.29, 0.717) is 48.9 Å². The van der Waals surface area contributed by atoms with Gasteiger partial charge >= 0.3 is 13.6 Å². The van der Waals surface area contributed by atoms with Gasteiger partial charge in [-0.25, -0.2) is 9.18 Å². The standard InChI is InChI=1S/C26H33FN5O7PS/c27-22(40(37,38)39)14-5-8-20-15(11-14)12-21(41-20)24(34)30-18-4-2-1-3-17-6-7-19(32(17)25(18)35)23(33)29-16-9-10-31(13-16)26(28)36/h5,8,11-12,16-19,22H,1-4,6-7,9-10,13H2,(H2,28,36)(H,29,33)(H,30,34)(H2,37,38,39)/t16-,17+,18+,19+,22?/m1/s1. The van der Waals surface area contributed by atoms with E-state index in [1.165, 1.54) is 29.2 Å². The number of carbonyl (C=O) groups is 4. The van der Waals surface area contributed by atoms with E-state index in [4.69, 9.17) is 15.5 Å². The first-order chi connectivity index (χ1) is 19.4. The maximum atomic E-state index is 14.2. The Morgan fingerprint density at radius 2 is 1.83 bits per heavy atom. The number of urea groups is 1. The monoisotopic (exact) mass is 609 g/mol. The van der Waals surface area contributed by atoms with Gasteiger partial charge in [0.2, 0.25) is 17.7 Å². The molecule has 15 heteroatoms. The van der Waals surface area contributed by atoms with Crippen molar-refractivity contribution in [3.63, 3.8) is 0 Å². The summed E-state index contributed by atoms with van der Waals surface area (Å²) in [5.41, 5.74) is 5.16. The van der Waals surface area contributed by atoms with E-state index in [-0.39, 0.29) is 34.3 Å². The average molecular weight is 610 g/mol. The van der Waals surface area contributed by atoms with Gasteiger partial charge < -0.3 is 36.0 Å². The van der Waals surface area contributed by atoms with Gasteiger partial charge in [-0.3, -0.25) is 18.9 Å². The quantitative estimate of drug-likeness (QED) is 0.312. The van der Waals surface area contributed by atoms with Crippen molar-refractivity contribution in [3.05, 3.63) is 34.7 Å². The van der Waals surface area contributed by atoms with Crippen LogP contribution in [0.5, 0.6) is 0 Å². The van der Waals surface area contributed by atoms with Crippen molar-refractivity contribution >= 4 is 52.8 Å². The Morgan fingerprint density at radius 1 is 1.07 bits per heavy atom. The van der Waals surface area contributed by atoms with E-state index in [9.17, 15) is 28.1 Å². The number of amides is 5. The number of alkyl halides is 1. The molecule has 5 rings (SSSR count). The van der Waals surface area contributed by atoms with Crippen molar-refractivity contribution in [1.82, 2.24) is 20.4 Å². The Hall–Kier alpha value is -3.06. The molecule has 5 atom stereocenters. The molecule has 3 aliphatic heterocycles. The molecule has 1 unspecified atom stereocenters. The van der Waals surface area contributed by atoms with Gasteiger partial charge in [0, 0.05) is 29.9 Å². The van der Waals surface area contributed by atoms with Crippen LogP contribution in [-0.4, -0.2) is 80.6 Å². The highest BCUT2D eigenvalue weighted by Gasteiger charge is 2.44. The Kier molecular flexibility index (Phi) is 8.38. The SMILES string of the molecule is NC(=O)N1CC[C@@H](NC(=O)[C@@H]2CC[C@@H]3CCCC[C@H](NC(=O)c4cc5cc(C(F)P(=O)(O)O)ccc5s4)C(=O)N32)C1. The number of carbonyl (C=O) groups excluding carboxylic acids is 4. The summed E-state index contributed by atoms with van der Waals surface area (Å²) in [6.45, 7) is 0.785. The van der Waals surface area contributed by atoms with Gasteiger partial charge in [0.05, 0.1) is 4.88 Å². The van der Waals surface area contributed by atoms with E-state index in [1.54, 1.807) is 4.90 Å². The van der Waals surface area contributed by atoms with E-state index in [2.05, 4.69) is 10.6 Å². The molecule has 3 aliphatic rings. The molecular formula is C26H33FN5O7PS. The van der Waals surface area contributed by atoms with Crippen molar-refractivity contribution < 1.29 is 37.9 Å². The number of thiophene rings is 1. The van der Waals surface area contributed by atoms with Crippen LogP contribution in [0, 0.1) is 0 Å². The predicted octanol–water partition coefficient (Wildman–Crippen LogP) is 2.35. The number of nitrogens with one attached hydrogen (secondary N) is 2. The zero-order chi connectivity index (χ0) is 29.5. The Morgan fingerprint density at radius 3 is 2.54 bits per heavy atom. The normalized spacial score (nSPS) is 25.9. The molecule has 0 radical (unpaired) electrons. The molecule has 4 heterocycles. The molecule has 2 aromatic rings. The van der Waals surface area contributed by atoms with Gasteiger partial charge in [0.15, 0.2) is 0 Å². The molecule has 222 valence electrons. The number of nitrogens with two attached hydrogens (primary N) is 1. The van der Waals surface area contributed by atoms with Crippen LogP contribution in [0.1, 0.15) is 66.1 Å². The maximum Gasteiger partial charge on any atom is 0.363 e. The second kappa shape index (κ2) is 11.7. The number of hydrogen-bond acceptors (Lipinski definition) is 6. The molecule has 0 aliphatic carbocycles. The summed E-state index contributed by atoms with van der Waals surface area (Å²) in [6.07, 6.45) is 4.56. The summed E-state index contributed by atoms with van der Waals surface area (Å²) >= 11 is 1.12. The van der Waals surface area contributed by atoms with E-state index in [0.717, 1.165) is 30.6 Å². The van der Waals surface area contributed by atoms with Crippen molar-refractivity contribution in [2.24, 2.45) is 5.73 Å². The summed E-state index contributed by atoms with van der Waals surface area (Å²) in [6, 6.07) is 3.21. The number of likely N-dealkylation sites (tertiary alicyclic amines) is 1. The van der Waals surface area contributed by atoms with Crippen LogP contribution >= 0.6 is 18.9 Å².